The van der Waals surface area contributed by atoms with Crippen LogP contribution in [0, 0.1) is 5.82 Å². The predicted octanol–water partition coefficient (Wildman–Crippen LogP) is 2.37. The normalized spacial score (nSPS) is 11.4. The van der Waals surface area contributed by atoms with Crippen molar-refractivity contribution in [3.05, 3.63) is 59.9 Å². The molecule has 0 saturated heterocycles. The molecule has 0 radical (unpaired) electrons. The summed E-state index contributed by atoms with van der Waals surface area (Å²) in [4.78, 5) is 0.140. The van der Waals surface area contributed by atoms with Gasteiger partial charge in [0.25, 0.3) is 10.0 Å². The average molecular weight is 308 g/mol. The Morgan fingerprint density at radius 1 is 1.14 bits per heavy atom. The van der Waals surface area contributed by atoms with Gasteiger partial charge in [0, 0.05) is 13.6 Å². The maximum atomic E-state index is 13.8. The van der Waals surface area contributed by atoms with Crippen molar-refractivity contribution in [1.29, 1.82) is 0 Å². The Balaban J connectivity index is 2.42. The third kappa shape index (κ3) is 3.22. The fourth-order valence-corrected chi connectivity index (χ4v) is 3.29. The Morgan fingerprint density at radius 2 is 1.86 bits per heavy atom. The van der Waals surface area contributed by atoms with Crippen LogP contribution in [-0.2, 0) is 16.6 Å². The lowest BCUT2D eigenvalue weighted by Gasteiger charge is -2.20. The van der Waals surface area contributed by atoms with Gasteiger partial charge in [0.05, 0.1) is 10.6 Å². The van der Waals surface area contributed by atoms with Crippen molar-refractivity contribution in [3.63, 3.8) is 0 Å². The fourth-order valence-electron chi connectivity index (χ4n) is 2.01. The van der Waals surface area contributed by atoms with Crippen LogP contribution in [0.3, 0.4) is 0 Å². The van der Waals surface area contributed by atoms with Crippen molar-refractivity contribution in [2.75, 3.05) is 18.4 Å². The quantitative estimate of drug-likeness (QED) is 0.922. The Bertz CT molecular complexity index is 732. The Hall–Kier alpha value is -1.92. The molecule has 0 spiro atoms. The first kappa shape index (κ1) is 15.5. The van der Waals surface area contributed by atoms with E-state index in [2.05, 4.69) is 5.32 Å². The number of sulfonamides is 1. The predicted molar refractivity (Wildman–Crippen MR) is 81.2 cm³/mol. The van der Waals surface area contributed by atoms with Crippen LogP contribution >= 0.6 is 0 Å². The summed E-state index contributed by atoms with van der Waals surface area (Å²) in [5, 5.41) is 2.96. The summed E-state index contributed by atoms with van der Waals surface area (Å²) in [6.07, 6.45) is 0. The highest BCUT2D eigenvalue weighted by Gasteiger charge is 2.23. The van der Waals surface area contributed by atoms with Crippen LogP contribution in [0.15, 0.2) is 53.4 Å². The van der Waals surface area contributed by atoms with E-state index in [0.29, 0.717) is 6.54 Å². The third-order valence-corrected chi connectivity index (χ3v) is 4.90. The van der Waals surface area contributed by atoms with Gasteiger partial charge in [-0.05, 0) is 36.9 Å². The van der Waals surface area contributed by atoms with Gasteiger partial charge in [-0.1, -0.05) is 24.3 Å². The van der Waals surface area contributed by atoms with Crippen molar-refractivity contribution in [2.24, 2.45) is 0 Å². The molecule has 4 nitrogen and oxygen atoms in total. The molecule has 0 saturated carbocycles. The molecule has 0 amide bonds. The molecule has 0 aliphatic heterocycles. The summed E-state index contributed by atoms with van der Waals surface area (Å²) in [5.41, 5.74) is 0.872. The molecule has 0 aromatic heterocycles. The molecule has 2 aromatic carbocycles. The van der Waals surface area contributed by atoms with Gasteiger partial charge in [-0.25, -0.2) is 12.8 Å². The highest BCUT2D eigenvalue weighted by Crippen LogP contribution is 2.24. The van der Waals surface area contributed by atoms with E-state index >= 15 is 0 Å². The minimum Gasteiger partial charge on any atom is -0.316 e. The number of para-hydroxylation sites is 1. The molecule has 21 heavy (non-hydrogen) atoms. The molecule has 0 bridgehead atoms. The second-order valence-electron chi connectivity index (χ2n) is 4.60. The standard InChI is InChI=1S/C15H17FN2O2S/c1-17-11-12-6-5-7-13(10-12)21(19,20)18(2)15-9-4-3-8-14(15)16/h3-10,17H,11H2,1-2H3. The second-order valence-corrected chi connectivity index (χ2v) is 6.57. The number of anilines is 1. The van der Waals surface area contributed by atoms with Crippen LogP contribution in [0.1, 0.15) is 5.56 Å². The van der Waals surface area contributed by atoms with Gasteiger partial charge in [0.1, 0.15) is 5.82 Å². The molecule has 0 aliphatic rings. The summed E-state index contributed by atoms with van der Waals surface area (Å²) in [5.74, 6) is -0.574. The van der Waals surface area contributed by atoms with E-state index in [0.717, 1.165) is 9.87 Å². The van der Waals surface area contributed by atoms with Crippen LogP contribution in [0.4, 0.5) is 10.1 Å². The van der Waals surface area contributed by atoms with Crippen LogP contribution in [-0.4, -0.2) is 22.5 Å². The van der Waals surface area contributed by atoms with Gasteiger partial charge < -0.3 is 5.32 Å². The van der Waals surface area contributed by atoms with Crippen molar-refractivity contribution < 1.29 is 12.8 Å². The van der Waals surface area contributed by atoms with Crippen LogP contribution in [0.5, 0.6) is 0 Å². The van der Waals surface area contributed by atoms with Gasteiger partial charge in [0.15, 0.2) is 0 Å². The van der Waals surface area contributed by atoms with Gasteiger partial charge in [-0.2, -0.15) is 0 Å². The number of nitrogens with one attached hydrogen (secondary N) is 1. The van der Waals surface area contributed by atoms with E-state index in [-0.39, 0.29) is 10.6 Å². The van der Waals surface area contributed by atoms with Crippen molar-refractivity contribution >= 4 is 15.7 Å². The van der Waals surface area contributed by atoms with Gasteiger partial charge >= 0.3 is 0 Å². The van der Waals surface area contributed by atoms with Crippen LogP contribution < -0.4 is 9.62 Å². The van der Waals surface area contributed by atoms with Crippen LogP contribution in [0.25, 0.3) is 0 Å². The highest BCUT2D eigenvalue weighted by molar-refractivity contribution is 7.92. The summed E-state index contributed by atoms with van der Waals surface area (Å²) in [7, 11) is -0.660. The summed E-state index contributed by atoms with van der Waals surface area (Å²) >= 11 is 0. The van der Waals surface area contributed by atoms with E-state index in [1.807, 2.05) is 6.07 Å². The molecule has 0 aliphatic carbocycles. The molecule has 112 valence electrons. The largest absolute Gasteiger partial charge is 0.316 e. The lowest BCUT2D eigenvalue weighted by molar-refractivity contribution is 0.589. The molecule has 2 aromatic rings. The number of hydrogen-bond acceptors (Lipinski definition) is 3. The first-order chi connectivity index (χ1) is 9.96. The number of nitrogens with zero attached hydrogens (tertiary/aromatic N) is 1. The van der Waals surface area contributed by atoms with E-state index in [9.17, 15) is 12.8 Å². The van der Waals surface area contributed by atoms with Gasteiger partial charge in [-0.3, -0.25) is 4.31 Å². The lowest BCUT2D eigenvalue weighted by Crippen LogP contribution is -2.27. The van der Waals surface area contributed by atoms with Crippen molar-refractivity contribution in [1.82, 2.24) is 5.32 Å². The molecular formula is C15H17FN2O2S. The molecular weight excluding hydrogens is 291 g/mol. The summed E-state index contributed by atoms with van der Waals surface area (Å²) < 4.78 is 39.9. The lowest BCUT2D eigenvalue weighted by atomic mass is 10.2. The SMILES string of the molecule is CNCc1cccc(S(=O)(=O)N(C)c2ccccc2F)c1. The molecule has 0 atom stereocenters. The fraction of sp³-hybridized carbons (Fsp3) is 0.200. The van der Waals surface area contributed by atoms with E-state index in [4.69, 9.17) is 0 Å². The van der Waals surface area contributed by atoms with Gasteiger partial charge in [0.2, 0.25) is 0 Å². The average Bonchev–Trinajstić information content (AvgIpc) is 2.48. The smallest absolute Gasteiger partial charge is 0.264 e. The zero-order valence-electron chi connectivity index (χ0n) is 11.9. The van der Waals surface area contributed by atoms with Crippen LogP contribution in [0.2, 0.25) is 0 Å². The number of hydrogen-bond donors (Lipinski definition) is 1. The monoisotopic (exact) mass is 308 g/mol. The maximum Gasteiger partial charge on any atom is 0.264 e. The Morgan fingerprint density at radius 3 is 2.52 bits per heavy atom. The van der Waals surface area contributed by atoms with Crippen molar-refractivity contribution in [3.8, 4) is 0 Å². The second kappa shape index (κ2) is 6.24. The summed E-state index contributed by atoms with van der Waals surface area (Å²) in [6.45, 7) is 0.562. The molecule has 2 rings (SSSR count). The topological polar surface area (TPSA) is 49.4 Å². The molecule has 0 heterocycles. The number of benzene rings is 2. The third-order valence-electron chi connectivity index (χ3n) is 3.13. The summed E-state index contributed by atoms with van der Waals surface area (Å²) in [6, 6.07) is 12.4. The first-order valence-corrected chi connectivity index (χ1v) is 7.88. The first-order valence-electron chi connectivity index (χ1n) is 6.44. The zero-order chi connectivity index (χ0) is 15.5. The molecule has 6 heteroatoms. The molecule has 0 unspecified atom stereocenters. The van der Waals surface area contributed by atoms with E-state index < -0.39 is 15.8 Å². The molecule has 1 N–H and O–H groups in total. The maximum absolute atomic E-state index is 13.8. The number of rotatable bonds is 5. The Kier molecular flexibility index (Phi) is 4.59. The highest BCUT2D eigenvalue weighted by atomic mass is 32.2. The minimum atomic E-state index is -3.79. The molecule has 0 fully saturated rings. The Labute approximate surface area is 124 Å². The minimum absolute atomic E-state index is 0.0246. The van der Waals surface area contributed by atoms with Gasteiger partial charge in [-0.15, -0.1) is 0 Å². The van der Waals surface area contributed by atoms with E-state index in [1.54, 1.807) is 25.2 Å². The van der Waals surface area contributed by atoms with E-state index in [1.165, 1.54) is 31.3 Å². The number of halogens is 1. The van der Waals surface area contributed by atoms with Crippen molar-refractivity contribution in [2.45, 2.75) is 11.4 Å². The zero-order valence-corrected chi connectivity index (χ0v) is 12.7.